The lowest BCUT2D eigenvalue weighted by Gasteiger charge is -2.45. The highest BCUT2D eigenvalue weighted by Crippen LogP contribution is 2.62. The number of rotatable bonds is 3. The van der Waals surface area contributed by atoms with Gasteiger partial charge in [0.1, 0.15) is 11.5 Å². The van der Waals surface area contributed by atoms with E-state index in [-0.39, 0.29) is 17.4 Å². The number of aliphatic hydroxyl groups is 1. The molecule has 3 heteroatoms. The largest absolute Gasteiger partial charge is 0.466 e. The van der Waals surface area contributed by atoms with E-state index in [2.05, 4.69) is 0 Å². The van der Waals surface area contributed by atoms with Gasteiger partial charge in [-0.2, -0.15) is 0 Å². The van der Waals surface area contributed by atoms with Crippen LogP contribution in [0.4, 0.5) is 0 Å². The van der Waals surface area contributed by atoms with Gasteiger partial charge in [0.2, 0.25) is 0 Å². The minimum atomic E-state index is -0.0456. The summed E-state index contributed by atoms with van der Waals surface area (Å²) in [7, 11) is 0. The van der Waals surface area contributed by atoms with Gasteiger partial charge in [-0.25, -0.2) is 0 Å². The molecule has 1 aliphatic carbocycles. The molecule has 0 unspecified atom stereocenters. The number of furan rings is 1. The Labute approximate surface area is 89.0 Å². The molecule has 3 nitrogen and oxygen atoms in total. The van der Waals surface area contributed by atoms with Gasteiger partial charge >= 0.3 is 0 Å². The second-order valence-electron chi connectivity index (χ2n) is 4.92. The van der Waals surface area contributed by atoms with Crippen molar-refractivity contribution in [2.45, 2.75) is 25.2 Å². The van der Waals surface area contributed by atoms with E-state index in [4.69, 9.17) is 9.15 Å². The number of hydrogen-bond donors (Lipinski definition) is 1. The molecule has 1 aromatic rings. The SMILES string of the molecule is Cc1ccc(C2(C3(CO)CC3)COC2)o1. The van der Waals surface area contributed by atoms with Crippen LogP contribution in [0, 0.1) is 12.3 Å². The summed E-state index contributed by atoms with van der Waals surface area (Å²) in [6.07, 6.45) is 2.18. The van der Waals surface area contributed by atoms with Crippen LogP contribution in [-0.4, -0.2) is 24.9 Å². The van der Waals surface area contributed by atoms with Gasteiger partial charge in [0.05, 0.1) is 18.6 Å². The first-order valence-electron chi connectivity index (χ1n) is 5.48. The van der Waals surface area contributed by atoms with Crippen LogP contribution in [0.3, 0.4) is 0 Å². The summed E-state index contributed by atoms with van der Waals surface area (Å²) < 4.78 is 11.1. The van der Waals surface area contributed by atoms with Crippen molar-refractivity contribution in [1.29, 1.82) is 0 Å². The van der Waals surface area contributed by atoms with Crippen LogP contribution in [0.15, 0.2) is 16.5 Å². The van der Waals surface area contributed by atoms with Crippen molar-refractivity contribution in [2.24, 2.45) is 5.41 Å². The summed E-state index contributed by atoms with van der Waals surface area (Å²) >= 11 is 0. The molecule has 1 saturated heterocycles. The van der Waals surface area contributed by atoms with Crippen LogP contribution >= 0.6 is 0 Å². The van der Waals surface area contributed by atoms with Gasteiger partial charge in [0.25, 0.3) is 0 Å². The molecule has 2 heterocycles. The molecule has 1 saturated carbocycles. The first kappa shape index (κ1) is 9.43. The van der Waals surface area contributed by atoms with Crippen LogP contribution in [0.5, 0.6) is 0 Å². The summed E-state index contributed by atoms with van der Waals surface area (Å²) in [5, 5.41) is 9.53. The van der Waals surface area contributed by atoms with E-state index < -0.39 is 0 Å². The van der Waals surface area contributed by atoms with E-state index in [1.807, 2.05) is 19.1 Å². The molecule has 0 atom stereocenters. The molecular weight excluding hydrogens is 192 g/mol. The van der Waals surface area contributed by atoms with Gasteiger partial charge in [-0.1, -0.05) is 0 Å². The minimum Gasteiger partial charge on any atom is -0.466 e. The van der Waals surface area contributed by atoms with Crippen molar-refractivity contribution in [2.75, 3.05) is 19.8 Å². The van der Waals surface area contributed by atoms with Crippen LogP contribution < -0.4 is 0 Å². The predicted molar refractivity (Wildman–Crippen MR) is 54.7 cm³/mol. The van der Waals surface area contributed by atoms with Crippen molar-refractivity contribution in [3.8, 4) is 0 Å². The zero-order valence-electron chi connectivity index (χ0n) is 8.95. The molecule has 1 aliphatic heterocycles. The number of ether oxygens (including phenoxy) is 1. The molecule has 0 amide bonds. The molecular formula is C12H16O3. The second kappa shape index (κ2) is 2.86. The molecule has 3 rings (SSSR count). The average Bonchev–Trinajstić information content (AvgIpc) is 2.83. The molecule has 0 spiro atoms. The Kier molecular flexibility index (Phi) is 1.80. The van der Waals surface area contributed by atoms with Crippen molar-refractivity contribution < 1.29 is 14.3 Å². The fourth-order valence-electron chi connectivity index (χ4n) is 2.65. The summed E-state index contributed by atoms with van der Waals surface area (Å²) in [5.74, 6) is 1.93. The fraction of sp³-hybridized carbons (Fsp3) is 0.667. The lowest BCUT2D eigenvalue weighted by molar-refractivity contribution is -0.120. The summed E-state index contributed by atoms with van der Waals surface area (Å²) in [5.41, 5.74) is -0.00838. The molecule has 15 heavy (non-hydrogen) atoms. The zero-order chi connectivity index (χ0) is 10.5. The van der Waals surface area contributed by atoms with Gasteiger partial charge in [-0.15, -0.1) is 0 Å². The maximum Gasteiger partial charge on any atom is 0.115 e. The Hall–Kier alpha value is -0.800. The fourth-order valence-corrected chi connectivity index (χ4v) is 2.65. The Bertz CT molecular complexity index is 372. The van der Waals surface area contributed by atoms with E-state index >= 15 is 0 Å². The Balaban J connectivity index is 1.99. The molecule has 2 aliphatic rings. The molecule has 1 aromatic heterocycles. The highest BCUT2D eigenvalue weighted by molar-refractivity contribution is 5.29. The monoisotopic (exact) mass is 208 g/mol. The van der Waals surface area contributed by atoms with Gasteiger partial charge in [0, 0.05) is 12.0 Å². The van der Waals surface area contributed by atoms with Gasteiger partial charge in [0.15, 0.2) is 0 Å². The Morgan fingerprint density at radius 3 is 2.40 bits per heavy atom. The lowest BCUT2D eigenvalue weighted by atomic mass is 9.69. The van der Waals surface area contributed by atoms with E-state index in [1.165, 1.54) is 0 Å². The lowest BCUT2D eigenvalue weighted by Crippen LogP contribution is -2.54. The molecule has 82 valence electrons. The molecule has 0 aromatic carbocycles. The predicted octanol–water partition coefficient (Wildman–Crippen LogP) is 1.63. The van der Waals surface area contributed by atoms with Gasteiger partial charge in [-0.3, -0.25) is 0 Å². The topological polar surface area (TPSA) is 42.6 Å². The summed E-state index contributed by atoms with van der Waals surface area (Å²) in [6, 6.07) is 4.02. The van der Waals surface area contributed by atoms with Gasteiger partial charge in [-0.05, 0) is 31.9 Å². The Morgan fingerprint density at radius 2 is 2.07 bits per heavy atom. The van der Waals surface area contributed by atoms with Crippen molar-refractivity contribution in [1.82, 2.24) is 0 Å². The standard InChI is InChI=1S/C12H16O3/c1-9-2-3-10(15-9)12(7-14-8-12)11(6-13)4-5-11/h2-3,13H,4-8H2,1H3. The van der Waals surface area contributed by atoms with Crippen molar-refractivity contribution in [3.63, 3.8) is 0 Å². The number of aliphatic hydroxyl groups excluding tert-OH is 1. The van der Waals surface area contributed by atoms with Crippen LogP contribution in [-0.2, 0) is 10.2 Å². The maximum absolute atomic E-state index is 9.53. The number of hydrogen-bond acceptors (Lipinski definition) is 3. The Morgan fingerprint density at radius 1 is 1.33 bits per heavy atom. The minimum absolute atomic E-state index is 0.0372. The van der Waals surface area contributed by atoms with E-state index in [1.54, 1.807) is 0 Å². The first-order valence-corrected chi connectivity index (χ1v) is 5.48. The van der Waals surface area contributed by atoms with E-state index in [9.17, 15) is 5.11 Å². The molecule has 0 radical (unpaired) electrons. The van der Waals surface area contributed by atoms with E-state index in [0.29, 0.717) is 13.2 Å². The van der Waals surface area contributed by atoms with Crippen molar-refractivity contribution in [3.05, 3.63) is 23.7 Å². The smallest absolute Gasteiger partial charge is 0.115 e. The normalized spacial score (nSPS) is 26.0. The van der Waals surface area contributed by atoms with E-state index in [0.717, 1.165) is 24.4 Å². The molecule has 0 bridgehead atoms. The third kappa shape index (κ3) is 1.08. The number of aryl methyl sites for hydroxylation is 1. The van der Waals surface area contributed by atoms with Gasteiger partial charge < -0.3 is 14.3 Å². The van der Waals surface area contributed by atoms with Crippen LogP contribution in [0.2, 0.25) is 0 Å². The highest BCUT2D eigenvalue weighted by atomic mass is 16.5. The van der Waals surface area contributed by atoms with Crippen molar-refractivity contribution >= 4 is 0 Å². The first-order chi connectivity index (χ1) is 7.22. The molecule has 1 N–H and O–H groups in total. The highest BCUT2D eigenvalue weighted by Gasteiger charge is 2.64. The summed E-state index contributed by atoms with van der Waals surface area (Å²) in [6.45, 7) is 3.59. The van der Waals surface area contributed by atoms with Crippen LogP contribution in [0.1, 0.15) is 24.4 Å². The van der Waals surface area contributed by atoms with Crippen LogP contribution in [0.25, 0.3) is 0 Å². The average molecular weight is 208 g/mol. The third-order valence-electron chi connectivity index (χ3n) is 4.08. The quantitative estimate of drug-likeness (QED) is 0.821. The molecule has 2 fully saturated rings. The second-order valence-corrected chi connectivity index (χ2v) is 4.92. The maximum atomic E-state index is 9.53. The third-order valence-corrected chi connectivity index (χ3v) is 4.08. The summed E-state index contributed by atoms with van der Waals surface area (Å²) in [4.78, 5) is 0. The zero-order valence-corrected chi connectivity index (χ0v) is 8.95.